The number of hydrogen-bond donors (Lipinski definition) is 2. The molecule has 4 nitrogen and oxygen atoms in total. The first-order chi connectivity index (χ1) is 9.88. The monoisotopic (exact) mass is 293 g/mol. The first-order valence-electron chi connectivity index (χ1n) is 7.69. The third-order valence-electron chi connectivity index (χ3n) is 3.89. The van der Waals surface area contributed by atoms with Crippen LogP contribution < -0.4 is 14.8 Å². The van der Waals surface area contributed by atoms with E-state index in [4.69, 9.17) is 9.47 Å². The van der Waals surface area contributed by atoms with Gasteiger partial charge in [-0.3, -0.25) is 0 Å². The van der Waals surface area contributed by atoms with Crippen LogP contribution in [-0.2, 0) is 0 Å². The first kappa shape index (κ1) is 16.1. The Morgan fingerprint density at radius 1 is 1.19 bits per heavy atom. The topological polar surface area (TPSA) is 50.7 Å². The van der Waals surface area contributed by atoms with E-state index in [1.165, 1.54) is 0 Å². The maximum Gasteiger partial charge on any atom is 0.161 e. The van der Waals surface area contributed by atoms with Crippen LogP contribution in [0.15, 0.2) is 18.2 Å². The maximum atomic E-state index is 10.1. The van der Waals surface area contributed by atoms with Crippen molar-refractivity contribution in [3.05, 3.63) is 23.8 Å². The average Bonchev–Trinajstić information content (AvgIpc) is 2.67. The van der Waals surface area contributed by atoms with Crippen molar-refractivity contribution in [2.45, 2.75) is 46.3 Å². The molecule has 2 unspecified atom stereocenters. The molecule has 118 valence electrons. The maximum absolute atomic E-state index is 10.1. The highest BCUT2D eigenvalue weighted by molar-refractivity contribution is 5.44. The third kappa shape index (κ3) is 4.35. The molecular formula is C17H27NO3. The number of hydrogen-bond acceptors (Lipinski definition) is 4. The van der Waals surface area contributed by atoms with Crippen molar-refractivity contribution >= 4 is 0 Å². The Morgan fingerprint density at radius 2 is 1.86 bits per heavy atom. The lowest BCUT2D eigenvalue weighted by molar-refractivity contribution is 0.0609. The SMILES string of the molecule is CC(NCC(O)C(C)(C)C)c1ccc2c(c1)OCCCO2. The Kier molecular flexibility index (Phi) is 5.12. The summed E-state index contributed by atoms with van der Waals surface area (Å²) in [6.45, 7) is 10.2. The Bertz CT molecular complexity index is 468. The zero-order valence-corrected chi connectivity index (χ0v) is 13.5. The van der Waals surface area contributed by atoms with E-state index in [2.05, 4.69) is 18.3 Å². The molecule has 2 atom stereocenters. The van der Waals surface area contributed by atoms with Gasteiger partial charge in [-0.2, -0.15) is 0 Å². The van der Waals surface area contributed by atoms with E-state index < -0.39 is 0 Å². The highest BCUT2D eigenvalue weighted by Gasteiger charge is 2.22. The van der Waals surface area contributed by atoms with Crippen LogP contribution in [0.25, 0.3) is 0 Å². The molecule has 0 saturated heterocycles. The molecule has 0 aromatic heterocycles. The minimum Gasteiger partial charge on any atom is -0.490 e. The van der Waals surface area contributed by atoms with Crippen molar-refractivity contribution in [1.82, 2.24) is 5.32 Å². The summed E-state index contributed by atoms with van der Waals surface area (Å²) in [5, 5.41) is 13.5. The summed E-state index contributed by atoms with van der Waals surface area (Å²) in [5.41, 5.74) is 1.03. The molecule has 0 fully saturated rings. The summed E-state index contributed by atoms with van der Waals surface area (Å²) >= 11 is 0. The number of ether oxygens (including phenoxy) is 2. The molecule has 0 aliphatic carbocycles. The quantitative estimate of drug-likeness (QED) is 0.896. The number of benzene rings is 1. The van der Waals surface area contributed by atoms with Gasteiger partial charge in [0.15, 0.2) is 11.5 Å². The molecule has 0 bridgehead atoms. The molecule has 1 aromatic carbocycles. The van der Waals surface area contributed by atoms with Gasteiger partial charge >= 0.3 is 0 Å². The zero-order valence-electron chi connectivity index (χ0n) is 13.5. The van der Waals surface area contributed by atoms with E-state index in [1.807, 2.05) is 32.9 Å². The van der Waals surface area contributed by atoms with E-state index in [-0.39, 0.29) is 17.6 Å². The lowest BCUT2D eigenvalue weighted by atomic mass is 9.89. The Labute approximate surface area is 127 Å². The summed E-state index contributed by atoms with van der Waals surface area (Å²) in [6, 6.07) is 6.20. The molecule has 2 rings (SSSR count). The number of rotatable bonds is 4. The molecule has 1 aromatic rings. The minimum atomic E-state index is -0.375. The predicted molar refractivity (Wildman–Crippen MR) is 83.9 cm³/mol. The summed E-state index contributed by atoms with van der Waals surface area (Å²) < 4.78 is 11.4. The van der Waals surface area contributed by atoms with Crippen LogP contribution in [0, 0.1) is 5.41 Å². The van der Waals surface area contributed by atoms with Crippen molar-refractivity contribution in [3.8, 4) is 11.5 Å². The average molecular weight is 293 g/mol. The molecule has 0 spiro atoms. The van der Waals surface area contributed by atoms with E-state index in [0.29, 0.717) is 19.8 Å². The Morgan fingerprint density at radius 3 is 2.52 bits per heavy atom. The molecule has 0 radical (unpaired) electrons. The van der Waals surface area contributed by atoms with Crippen LogP contribution in [0.3, 0.4) is 0 Å². The number of nitrogens with one attached hydrogen (secondary N) is 1. The fourth-order valence-electron chi connectivity index (χ4n) is 2.16. The van der Waals surface area contributed by atoms with E-state index in [9.17, 15) is 5.11 Å². The van der Waals surface area contributed by atoms with Gasteiger partial charge in [-0.25, -0.2) is 0 Å². The second kappa shape index (κ2) is 6.67. The van der Waals surface area contributed by atoms with Gasteiger partial charge in [0.25, 0.3) is 0 Å². The van der Waals surface area contributed by atoms with Crippen LogP contribution >= 0.6 is 0 Å². The van der Waals surface area contributed by atoms with Gasteiger partial charge in [0.1, 0.15) is 0 Å². The van der Waals surface area contributed by atoms with Crippen LogP contribution in [0.5, 0.6) is 11.5 Å². The second-order valence-corrected chi connectivity index (χ2v) is 6.77. The van der Waals surface area contributed by atoms with E-state index in [1.54, 1.807) is 0 Å². The predicted octanol–water partition coefficient (Wildman–Crippen LogP) is 2.91. The molecule has 1 aliphatic rings. The molecule has 1 aliphatic heterocycles. The van der Waals surface area contributed by atoms with Gasteiger partial charge in [-0.15, -0.1) is 0 Å². The molecule has 1 heterocycles. The van der Waals surface area contributed by atoms with Gasteiger partial charge in [0.05, 0.1) is 19.3 Å². The summed E-state index contributed by atoms with van der Waals surface area (Å²) in [5.74, 6) is 1.63. The van der Waals surface area contributed by atoms with E-state index >= 15 is 0 Å². The summed E-state index contributed by atoms with van der Waals surface area (Å²) in [4.78, 5) is 0. The zero-order chi connectivity index (χ0) is 15.5. The molecule has 21 heavy (non-hydrogen) atoms. The van der Waals surface area contributed by atoms with Crippen molar-refractivity contribution < 1.29 is 14.6 Å². The Balaban J connectivity index is 1.99. The molecular weight excluding hydrogens is 266 g/mol. The molecule has 4 heteroatoms. The van der Waals surface area contributed by atoms with Gasteiger partial charge in [-0.05, 0) is 30.0 Å². The normalized spacial score (nSPS) is 18.0. The highest BCUT2D eigenvalue weighted by atomic mass is 16.5. The first-order valence-corrected chi connectivity index (χ1v) is 7.69. The molecule has 0 saturated carbocycles. The van der Waals surface area contributed by atoms with E-state index in [0.717, 1.165) is 23.5 Å². The van der Waals surface area contributed by atoms with Crippen molar-refractivity contribution in [2.24, 2.45) is 5.41 Å². The molecule has 0 amide bonds. The van der Waals surface area contributed by atoms with Gasteiger partial charge in [-0.1, -0.05) is 26.8 Å². The van der Waals surface area contributed by atoms with Gasteiger partial charge in [0.2, 0.25) is 0 Å². The minimum absolute atomic E-state index is 0.114. The Hall–Kier alpha value is -1.26. The highest BCUT2D eigenvalue weighted by Crippen LogP contribution is 2.32. The lowest BCUT2D eigenvalue weighted by Gasteiger charge is -2.27. The molecule has 2 N–H and O–H groups in total. The number of fused-ring (bicyclic) bond motifs is 1. The van der Waals surface area contributed by atoms with Crippen molar-refractivity contribution in [3.63, 3.8) is 0 Å². The largest absolute Gasteiger partial charge is 0.490 e. The fourth-order valence-corrected chi connectivity index (χ4v) is 2.16. The van der Waals surface area contributed by atoms with Crippen LogP contribution in [0.2, 0.25) is 0 Å². The van der Waals surface area contributed by atoms with Crippen LogP contribution in [-0.4, -0.2) is 31.0 Å². The van der Waals surface area contributed by atoms with Crippen LogP contribution in [0.1, 0.15) is 45.7 Å². The van der Waals surface area contributed by atoms with Gasteiger partial charge < -0.3 is 19.9 Å². The van der Waals surface area contributed by atoms with Crippen LogP contribution in [0.4, 0.5) is 0 Å². The fraction of sp³-hybridized carbons (Fsp3) is 0.647. The second-order valence-electron chi connectivity index (χ2n) is 6.77. The van der Waals surface area contributed by atoms with Crippen molar-refractivity contribution in [1.29, 1.82) is 0 Å². The number of aliphatic hydroxyl groups is 1. The summed E-state index contributed by atoms with van der Waals surface area (Å²) in [6.07, 6.45) is 0.538. The third-order valence-corrected chi connectivity index (χ3v) is 3.89. The standard InChI is InChI=1S/C17H27NO3/c1-12(18-11-16(19)17(2,3)4)13-6-7-14-15(10-13)21-9-5-8-20-14/h6-7,10,12,16,18-19H,5,8-9,11H2,1-4H3. The van der Waals surface area contributed by atoms with Gasteiger partial charge in [0, 0.05) is 19.0 Å². The number of aliphatic hydroxyl groups excluding tert-OH is 1. The van der Waals surface area contributed by atoms with Crippen molar-refractivity contribution in [2.75, 3.05) is 19.8 Å². The smallest absolute Gasteiger partial charge is 0.161 e. The summed E-state index contributed by atoms with van der Waals surface area (Å²) in [7, 11) is 0. The lowest BCUT2D eigenvalue weighted by Crippen LogP contribution is -2.37.